The summed E-state index contributed by atoms with van der Waals surface area (Å²) in [4.78, 5) is 11.7. The first-order chi connectivity index (χ1) is 21.9. The molecule has 0 aliphatic carbocycles. The molecule has 0 atom stereocenters. The van der Waals surface area contributed by atoms with E-state index in [0.29, 0.717) is 0 Å². The Labute approximate surface area is 298 Å². The van der Waals surface area contributed by atoms with Gasteiger partial charge in [0.25, 0.3) is 0 Å². The maximum absolute atomic E-state index is 6.25. The molecule has 20 nitrogen and oxygen atoms in total. The largest absolute Gasteiger partial charge is 4.00 e. The van der Waals surface area contributed by atoms with Crippen molar-refractivity contribution in [2.45, 2.75) is 0 Å². The number of hydrogen-bond acceptors (Lipinski definition) is 12. The van der Waals surface area contributed by atoms with Gasteiger partial charge in [-0.1, -0.05) is 0 Å². The molecule has 0 unspecified atom stereocenters. The predicted molar refractivity (Wildman–Crippen MR) is 155 cm³/mol. The third-order valence-corrected chi connectivity index (χ3v) is 3.36. The molecule has 0 aromatic carbocycles. The minimum Gasteiger partial charge on any atom is -0.512 e. The Bertz CT molecular complexity index is 1140. The SMILES string of the molecule is O.O.O.O.[C-]#N.[C-]#N.[C-]#N.[C-]#N.[C-]#N.[C-]#N.[C-]#N.[C-]#N.[Mo+4].c1cc(N=Nc2cc[nH+]cc2)cc[nH+]1.c1cc(N=Nc2cc[nH+]cc2)cc[nH+]1. The van der Waals surface area contributed by atoms with Crippen molar-refractivity contribution in [1.82, 2.24) is 0 Å². The first-order valence-electron chi connectivity index (χ1n) is 10.4. The van der Waals surface area contributed by atoms with Crippen LogP contribution in [0.2, 0.25) is 0 Å². The normalized spacial score (nSPS) is 6.37. The van der Waals surface area contributed by atoms with Gasteiger partial charge in [0.15, 0.2) is 49.6 Å². The number of nitrogens with zero attached hydrogens (tertiary/aromatic N) is 12. The number of nitrogens with one attached hydrogen (secondary N) is 4. The van der Waals surface area contributed by atoms with Crippen molar-refractivity contribution >= 4 is 22.7 Å². The van der Waals surface area contributed by atoms with E-state index in [-0.39, 0.29) is 43.0 Å². The molecule has 0 radical (unpaired) electrons. The number of pyridine rings is 4. The monoisotopic (exact) mass is 750 g/mol. The molecule has 0 aliphatic rings. The van der Waals surface area contributed by atoms with E-state index in [1.165, 1.54) is 0 Å². The zero-order chi connectivity index (χ0) is 35.3. The van der Waals surface area contributed by atoms with E-state index in [1.54, 1.807) is 0 Å². The minimum absolute atomic E-state index is 0. The Balaban J connectivity index is -0.0000000434. The number of aromatic amines is 4. The van der Waals surface area contributed by atoms with Gasteiger partial charge in [-0.15, -0.1) is 0 Å². The summed E-state index contributed by atoms with van der Waals surface area (Å²) in [6.45, 7) is 38.0. The van der Waals surface area contributed by atoms with Crippen LogP contribution in [0.15, 0.2) is 119 Å². The van der Waals surface area contributed by atoms with E-state index >= 15 is 0 Å². The van der Waals surface area contributed by atoms with E-state index in [2.05, 4.69) is 40.4 Å². The Morgan fingerprint density at radius 3 is 0.490 bits per heavy atom. The van der Waals surface area contributed by atoms with Crippen LogP contribution in [0.1, 0.15) is 0 Å². The van der Waals surface area contributed by atoms with Gasteiger partial charge in [0.05, 0.1) is 22.7 Å². The summed E-state index contributed by atoms with van der Waals surface area (Å²) in [5.41, 5.74) is 3.32. The molecular weight excluding hydrogens is 720 g/mol. The van der Waals surface area contributed by atoms with Gasteiger partial charge in [0.1, 0.15) is 0 Å². The smallest absolute Gasteiger partial charge is 0.512 e. The number of hydrogen-bond donors (Lipinski definition) is 0. The van der Waals surface area contributed by atoms with Crippen molar-refractivity contribution in [3.05, 3.63) is 151 Å². The van der Waals surface area contributed by atoms with E-state index in [9.17, 15) is 0 Å². The predicted octanol–water partition coefficient (Wildman–Crippen LogP) is 0.930. The number of aromatic nitrogens is 4. The zero-order valence-corrected chi connectivity index (χ0v) is 27.0. The van der Waals surface area contributed by atoms with Crippen LogP contribution in [-0.2, 0) is 21.1 Å². The van der Waals surface area contributed by atoms with E-state index in [0.717, 1.165) is 22.7 Å². The molecule has 0 bridgehead atoms. The van der Waals surface area contributed by atoms with Crippen LogP contribution in [0.4, 0.5) is 22.7 Å². The van der Waals surface area contributed by atoms with Crippen molar-refractivity contribution in [3.8, 4) is 0 Å². The standard InChI is InChI=1S/2C10H8N4.8CN.Mo.4H2O/c2*1-5-11-6-2-9(1)13-14-10-3-7-12-8-4-10;8*1-2;;;;;/h2*1-8H;;;;;;;;;;4*1H2/q;;8*-1;+4;;;;/p+4. The fourth-order valence-electron chi connectivity index (χ4n) is 2.01. The first kappa shape index (κ1) is 73.0. The van der Waals surface area contributed by atoms with Gasteiger partial charge >= 0.3 is 21.1 Å². The van der Waals surface area contributed by atoms with Gasteiger partial charge in [-0.25, -0.2) is 19.9 Å². The molecule has 0 saturated heterocycles. The molecule has 250 valence electrons. The van der Waals surface area contributed by atoms with Crippen molar-refractivity contribution < 1.29 is 62.9 Å². The molecule has 0 spiro atoms. The minimum atomic E-state index is 0. The maximum atomic E-state index is 6.25. The van der Waals surface area contributed by atoms with Crippen molar-refractivity contribution in [2.24, 2.45) is 20.5 Å². The van der Waals surface area contributed by atoms with Crippen LogP contribution in [0.5, 0.6) is 0 Å². The first-order valence-corrected chi connectivity index (χ1v) is 10.4. The maximum Gasteiger partial charge on any atom is 4.00 e. The third kappa shape index (κ3) is 50.2. The van der Waals surface area contributed by atoms with Gasteiger partial charge in [0, 0.05) is 48.5 Å². The molecule has 0 aliphatic heterocycles. The molecule has 0 saturated carbocycles. The summed E-state index contributed by atoms with van der Waals surface area (Å²) in [5.74, 6) is 0. The fourth-order valence-corrected chi connectivity index (χ4v) is 2.01. The summed E-state index contributed by atoms with van der Waals surface area (Å²) in [6, 6.07) is 14.9. The summed E-state index contributed by atoms with van der Waals surface area (Å²) in [6.07, 6.45) is 14.5. The van der Waals surface area contributed by atoms with Crippen molar-refractivity contribution in [2.75, 3.05) is 0 Å². The summed E-state index contributed by atoms with van der Waals surface area (Å²) < 4.78 is 0. The van der Waals surface area contributed by atoms with Gasteiger partial charge < -0.3 is 117 Å². The molecule has 0 amide bonds. The van der Waals surface area contributed by atoms with Crippen molar-refractivity contribution in [3.63, 3.8) is 0 Å². The Kier molecular flexibility index (Phi) is 116. The molecule has 0 fully saturated rings. The van der Waals surface area contributed by atoms with Gasteiger partial charge in [-0.2, -0.15) is 20.5 Å². The quantitative estimate of drug-likeness (QED) is 0.164. The summed E-state index contributed by atoms with van der Waals surface area (Å²) in [5, 5.41) is 66.3. The van der Waals surface area contributed by atoms with Gasteiger partial charge in [-0.3, -0.25) is 0 Å². The van der Waals surface area contributed by atoms with Crippen LogP contribution in [0, 0.1) is 94.7 Å². The molecule has 21 heteroatoms. The van der Waals surface area contributed by atoms with Crippen LogP contribution >= 0.6 is 0 Å². The summed E-state index contributed by atoms with van der Waals surface area (Å²) in [7, 11) is 0. The van der Waals surface area contributed by atoms with Crippen LogP contribution in [0.25, 0.3) is 0 Å². The average molecular weight is 749 g/mol. The molecule has 4 aromatic heterocycles. The second-order valence-electron chi connectivity index (χ2n) is 5.43. The van der Waals surface area contributed by atoms with E-state index in [4.69, 9.17) is 94.7 Å². The molecule has 49 heavy (non-hydrogen) atoms. The van der Waals surface area contributed by atoms with Gasteiger partial charge in [-0.05, 0) is 0 Å². The van der Waals surface area contributed by atoms with E-state index in [1.807, 2.05) is 98.1 Å². The Hall–Kier alpha value is -7.75. The second kappa shape index (κ2) is 77.7. The molecular formula is C28H28MoN16O4. The average Bonchev–Trinajstić information content (AvgIpc) is 3.18. The molecule has 4 rings (SSSR count). The third-order valence-electron chi connectivity index (χ3n) is 3.36. The zero-order valence-electron chi connectivity index (χ0n) is 25.0. The number of rotatable bonds is 4. The van der Waals surface area contributed by atoms with Crippen LogP contribution < -0.4 is 19.9 Å². The Morgan fingerprint density at radius 2 is 0.388 bits per heavy atom. The fraction of sp³-hybridized carbons (Fsp3) is 0. The summed E-state index contributed by atoms with van der Waals surface area (Å²) >= 11 is 0. The van der Waals surface area contributed by atoms with Gasteiger partial charge in [0.2, 0.25) is 0 Å². The molecule has 4 heterocycles. The molecule has 4 aromatic rings. The van der Waals surface area contributed by atoms with Crippen molar-refractivity contribution in [1.29, 1.82) is 42.1 Å². The topological polar surface area (TPSA) is 422 Å². The Morgan fingerprint density at radius 1 is 0.286 bits per heavy atom. The van der Waals surface area contributed by atoms with Crippen LogP contribution in [-0.4, -0.2) is 21.9 Å². The number of azo groups is 2. The van der Waals surface area contributed by atoms with Crippen LogP contribution in [0.3, 0.4) is 0 Å². The van der Waals surface area contributed by atoms with E-state index < -0.39 is 0 Å². The number of H-pyrrole nitrogens is 4. The second-order valence-corrected chi connectivity index (χ2v) is 5.43. The molecule has 12 N–H and O–H groups in total.